The summed E-state index contributed by atoms with van der Waals surface area (Å²) in [5.74, 6) is -0.138. The van der Waals surface area contributed by atoms with Gasteiger partial charge in [-0.25, -0.2) is 4.98 Å². The number of aliphatic hydroxyl groups is 1. The van der Waals surface area contributed by atoms with E-state index in [4.69, 9.17) is 0 Å². The number of carbonyl (C=O) groups excluding carboxylic acids is 1. The van der Waals surface area contributed by atoms with Crippen molar-refractivity contribution in [3.63, 3.8) is 0 Å². The Balaban J connectivity index is 1.35. The molecule has 7 heteroatoms. The van der Waals surface area contributed by atoms with Crippen molar-refractivity contribution in [1.82, 2.24) is 14.5 Å². The number of carbonyl (C=O) groups is 1. The molecule has 4 aromatic rings. The van der Waals surface area contributed by atoms with Crippen LogP contribution in [-0.4, -0.2) is 38.6 Å². The van der Waals surface area contributed by atoms with E-state index in [1.807, 2.05) is 66.9 Å². The molecule has 1 amide bonds. The lowest BCUT2D eigenvalue weighted by Gasteiger charge is -2.38. The Labute approximate surface area is 195 Å². The third-order valence-corrected chi connectivity index (χ3v) is 7.37. The minimum absolute atomic E-state index is 0.0608. The smallest absolute Gasteiger partial charge is 0.263 e. The predicted octanol–water partition coefficient (Wildman–Crippen LogP) is 3.94. The van der Waals surface area contributed by atoms with Gasteiger partial charge in [0.15, 0.2) is 0 Å². The summed E-state index contributed by atoms with van der Waals surface area (Å²) in [6.07, 6.45) is 2.40. The van der Waals surface area contributed by atoms with Gasteiger partial charge in [0.05, 0.1) is 17.3 Å². The average Bonchev–Trinajstić information content (AvgIpc) is 3.27. The van der Waals surface area contributed by atoms with Crippen LogP contribution in [0.3, 0.4) is 0 Å². The first-order valence-corrected chi connectivity index (χ1v) is 11.9. The number of likely N-dealkylation sites (tertiary alicyclic amines) is 1. The van der Waals surface area contributed by atoms with Crippen LogP contribution in [-0.2, 0) is 16.9 Å². The van der Waals surface area contributed by atoms with Crippen LogP contribution >= 0.6 is 11.3 Å². The third kappa shape index (κ3) is 4.10. The Hall–Kier alpha value is -3.29. The van der Waals surface area contributed by atoms with Crippen molar-refractivity contribution in [2.24, 2.45) is 0 Å². The topological polar surface area (TPSA) is 75.4 Å². The number of rotatable bonds is 4. The van der Waals surface area contributed by atoms with Gasteiger partial charge in [0, 0.05) is 24.0 Å². The molecule has 1 aliphatic heterocycles. The maximum Gasteiger partial charge on any atom is 0.263 e. The summed E-state index contributed by atoms with van der Waals surface area (Å²) in [6.45, 7) is 2.86. The van der Waals surface area contributed by atoms with Crippen LogP contribution in [0, 0.1) is 6.92 Å². The summed E-state index contributed by atoms with van der Waals surface area (Å²) in [6, 6.07) is 17.6. The molecule has 33 heavy (non-hydrogen) atoms. The Morgan fingerprint density at radius 1 is 1.09 bits per heavy atom. The fourth-order valence-electron chi connectivity index (χ4n) is 4.43. The van der Waals surface area contributed by atoms with Gasteiger partial charge in [-0.1, -0.05) is 60.2 Å². The first kappa shape index (κ1) is 21.6. The lowest BCUT2D eigenvalue weighted by atomic mass is 9.84. The van der Waals surface area contributed by atoms with E-state index in [2.05, 4.69) is 4.98 Å². The van der Waals surface area contributed by atoms with Crippen LogP contribution in [0.15, 0.2) is 71.1 Å². The highest BCUT2D eigenvalue weighted by atomic mass is 32.1. The number of hydrogen-bond acceptors (Lipinski definition) is 5. The predicted molar refractivity (Wildman–Crippen MR) is 130 cm³/mol. The SMILES string of the molecule is Cc1ccc(-c2csc3ncn(CC(=O)N4CCC(O)(c5ccccc5)CC4)c(=O)c23)cc1. The minimum Gasteiger partial charge on any atom is -0.385 e. The van der Waals surface area contributed by atoms with E-state index >= 15 is 0 Å². The molecule has 1 N–H and O–H groups in total. The van der Waals surface area contributed by atoms with Crippen LogP contribution in [0.4, 0.5) is 0 Å². The van der Waals surface area contributed by atoms with E-state index in [1.54, 1.807) is 4.90 Å². The van der Waals surface area contributed by atoms with Gasteiger partial charge in [0.1, 0.15) is 11.4 Å². The van der Waals surface area contributed by atoms with E-state index in [0.29, 0.717) is 36.1 Å². The highest BCUT2D eigenvalue weighted by Crippen LogP contribution is 2.33. The molecule has 0 aliphatic carbocycles. The van der Waals surface area contributed by atoms with Gasteiger partial charge in [-0.3, -0.25) is 14.2 Å². The zero-order chi connectivity index (χ0) is 23.0. The number of aryl methyl sites for hydroxylation is 1. The molecule has 0 bridgehead atoms. The first-order chi connectivity index (χ1) is 15.9. The lowest BCUT2D eigenvalue weighted by Crippen LogP contribution is -2.46. The number of thiophene rings is 1. The lowest BCUT2D eigenvalue weighted by molar-refractivity contribution is -0.136. The molecule has 2 aromatic carbocycles. The van der Waals surface area contributed by atoms with E-state index in [-0.39, 0.29) is 18.0 Å². The quantitative estimate of drug-likeness (QED) is 0.502. The zero-order valence-electron chi connectivity index (χ0n) is 18.4. The number of benzene rings is 2. The fourth-order valence-corrected chi connectivity index (χ4v) is 5.34. The monoisotopic (exact) mass is 459 g/mol. The molecule has 0 radical (unpaired) electrons. The Kier molecular flexibility index (Phi) is 5.60. The second kappa shape index (κ2) is 8.57. The molecule has 0 saturated carbocycles. The Morgan fingerprint density at radius 3 is 2.48 bits per heavy atom. The van der Waals surface area contributed by atoms with Crippen molar-refractivity contribution in [3.05, 3.63) is 87.8 Å². The molecule has 1 saturated heterocycles. The molecule has 6 nitrogen and oxygen atoms in total. The molecule has 3 heterocycles. The maximum atomic E-state index is 13.3. The van der Waals surface area contributed by atoms with Crippen molar-refractivity contribution in [2.75, 3.05) is 13.1 Å². The first-order valence-electron chi connectivity index (χ1n) is 11.0. The number of hydrogen-bond donors (Lipinski definition) is 1. The van der Waals surface area contributed by atoms with Gasteiger partial charge in [-0.05, 0) is 30.9 Å². The molecule has 1 fully saturated rings. The van der Waals surface area contributed by atoms with Crippen LogP contribution in [0.2, 0.25) is 0 Å². The van der Waals surface area contributed by atoms with E-state index in [1.165, 1.54) is 22.2 Å². The molecule has 0 spiro atoms. The number of piperidine rings is 1. The van der Waals surface area contributed by atoms with Gasteiger partial charge in [-0.15, -0.1) is 11.3 Å². The summed E-state index contributed by atoms with van der Waals surface area (Å²) in [7, 11) is 0. The number of amides is 1. The van der Waals surface area contributed by atoms with Crippen LogP contribution in [0.25, 0.3) is 21.3 Å². The van der Waals surface area contributed by atoms with Crippen LogP contribution in [0.1, 0.15) is 24.0 Å². The summed E-state index contributed by atoms with van der Waals surface area (Å²) in [5, 5.41) is 13.5. The van der Waals surface area contributed by atoms with E-state index < -0.39 is 5.60 Å². The molecule has 0 atom stereocenters. The zero-order valence-corrected chi connectivity index (χ0v) is 19.2. The Bertz CT molecular complexity index is 1350. The molecule has 5 rings (SSSR count). The second-order valence-electron chi connectivity index (χ2n) is 8.65. The van der Waals surface area contributed by atoms with E-state index in [9.17, 15) is 14.7 Å². The van der Waals surface area contributed by atoms with Gasteiger partial charge in [0.2, 0.25) is 5.91 Å². The van der Waals surface area contributed by atoms with Crippen molar-refractivity contribution in [1.29, 1.82) is 0 Å². The van der Waals surface area contributed by atoms with Gasteiger partial charge in [0.25, 0.3) is 5.56 Å². The van der Waals surface area contributed by atoms with Gasteiger partial charge < -0.3 is 10.0 Å². The summed E-state index contributed by atoms with van der Waals surface area (Å²) < 4.78 is 1.40. The highest BCUT2D eigenvalue weighted by Gasteiger charge is 2.35. The highest BCUT2D eigenvalue weighted by molar-refractivity contribution is 7.17. The third-order valence-electron chi connectivity index (χ3n) is 6.48. The molecule has 2 aromatic heterocycles. The normalized spacial score (nSPS) is 15.6. The molecular weight excluding hydrogens is 434 g/mol. The number of fused-ring (bicyclic) bond motifs is 1. The number of nitrogens with zero attached hydrogens (tertiary/aromatic N) is 3. The van der Waals surface area contributed by atoms with Crippen LogP contribution < -0.4 is 5.56 Å². The van der Waals surface area contributed by atoms with Crippen molar-refractivity contribution in [3.8, 4) is 11.1 Å². The fraction of sp³-hybridized carbons (Fsp3) is 0.269. The molecule has 1 aliphatic rings. The number of aromatic nitrogens is 2. The maximum absolute atomic E-state index is 13.3. The summed E-state index contributed by atoms with van der Waals surface area (Å²) >= 11 is 1.43. The minimum atomic E-state index is -0.922. The van der Waals surface area contributed by atoms with Gasteiger partial charge >= 0.3 is 0 Å². The largest absolute Gasteiger partial charge is 0.385 e. The van der Waals surface area contributed by atoms with Crippen molar-refractivity contribution >= 4 is 27.5 Å². The molecule has 168 valence electrons. The standard InChI is InChI=1S/C26H25N3O3S/c1-18-7-9-19(10-8-18)21-16-33-24-23(21)25(31)29(17-27-24)15-22(30)28-13-11-26(32,12-14-28)20-5-3-2-4-6-20/h2-10,16-17,32H,11-15H2,1H3. The average molecular weight is 460 g/mol. The molecule has 0 unspecified atom stereocenters. The van der Waals surface area contributed by atoms with Gasteiger partial charge in [-0.2, -0.15) is 0 Å². The summed E-state index contributed by atoms with van der Waals surface area (Å²) in [5.41, 5.74) is 2.72. The summed E-state index contributed by atoms with van der Waals surface area (Å²) in [4.78, 5) is 33.1. The Morgan fingerprint density at radius 2 is 1.79 bits per heavy atom. The van der Waals surface area contributed by atoms with E-state index in [0.717, 1.165) is 22.3 Å². The van der Waals surface area contributed by atoms with Crippen molar-refractivity contribution < 1.29 is 9.90 Å². The van der Waals surface area contributed by atoms with Crippen molar-refractivity contribution in [2.45, 2.75) is 31.9 Å². The van der Waals surface area contributed by atoms with Crippen LogP contribution in [0.5, 0.6) is 0 Å². The second-order valence-corrected chi connectivity index (χ2v) is 9.51. The molecular formula is C26H25N3O3S.